The minimum atomic E-state index is 0.377. The van der Waals surface area contributed by atoms with E-state index in [9.17, 15) is 0 Å². The van der Waals surface area contributed by atoms with Gasteiger partial charge in [-0.1, -0.05) is 0 Å². The molecule has 20 heavy (non-hydrogen) atoms. The van der Waals surface area contributed by atoms with Crippen LogP contribution in [0.1, 0.15) is 25.8 Å². The maximum absolute atomic E-state index is 5.48. The lowest BCUT2D eigenvalue weighted by molar-refractivity contribution is 0.158. The van der Waals surface area contributed by atoms with E-state index in [1.165, 1.54) is 6.33 Å². The minimum absolute atomic E-state index is 0.377. The maximum atomic E-state index is 5.48. The second-order valence-corrected chi connectivity index (χ2v) is 5.78. The molecule has 1 saturated heterocycles. The molecule has 1 aliphatic heterocycles. The lowest BCUT2D eigenvalue weighted by atomic mass is 9.99. The summed E-state index contributed by atoms with van der Waals surface area (Å²) >= 11 is 5.48. The molecule has 0 radical (unpaired) electrons. The Hall–Kier alpha value is -1.47. The van der Waals surface area contributed by atoms with Gasteiger partial charge in [0.1, 0.15) is 11.8 Å². The average molecular weight is 293 g/mol. The molecule has 2 aromatic heterocycles. The molecule has 0 amide bonds. The van der Waals surface area contributed by atoms with Crippen LogP contribution in [0.5, 0.6) is 5.88 Å². The van der Waals surface area contributed by atoms with E-state index in [1.54, 1.807) is 7.11 Å². The zero-order valence-corrected chi connectivity index (χ0v) is 12.8. The summed E-state index contributed by atoms with van der Waals surface area (Å²) in [5.41, 5.74) is 1.62. The lowest BCUT2D eigenvalue weighted by Gasteiger charge is -2.35. The van der Waals surface area contributed by atoms with E-state index < -0.39 is 0 Å². The van der Waals surface area contributed by atoms with Crippen LogP contribution in [0.4, 0.5) is 0 Å². The number of rotatable bonds is 2. The smallest absolute Gasteiger partial charge is 0.242 e. The third-order valence-electron chi connectivity index (χ3n) is 4.21. The summed E-state index contributed by atoms with van der Waals surface area (Å²) in [5.74, 6) is 0.542. The molecule has 3 rings (SSSR count). The van der Waals surface area contributed by atoms with Gasteiger partial charge in [-0.15, -0.1) is 0 Å². The highest BCUT2D eigenvalue weighted by molar-refractivity contribution is 7.71. The molecule has 1 N–H and O–H groups in total. The van der Waals surface area contributed by atoms with Crippen molar-refractivity contribution in [3.8, 4) is 5.88 Å². The van der Waals surface area contributed by atoms with E-state index in [-0.39, 0.29) is 0 Å². The molecule has 2 aromatic rings. The monoisotopic (exact) mass is 293 g/mol. The molecule has 3 heterocycles. The Morgan fingerprint density at radius 2 is 2.25 bits per heavy atom. The van der Waals surface area contributed by atoms with Gasteiger partial charge in [-0.3, -0.25) is 4.57 Å². The van der Waals surface area contributed by atoms with E-state index in [4.69, 9.17) is 17.0 Å². The molecule has 7 heteroatoms. The van der Waals surface area contributed by atoms with Crippen molar-refractivity contribution >= 4 is 23.4 Å². The number of aromatic nitrogens is 4. The topological polar surface area (TPSA) is 59.0 Å². The first-order valence-electron chi connectivity index (χ1n) is 6.81. The standard InChI is InChI=1S/C13H19N5OS/c1-8-6-9(4-5-17(8)2)18-11-10(16-13(18)20)12(19-3)15-7-14-11/h7-9H,4-6H2,1-3H3,(H,16,20). The van der Waals surface area contributed by atoms with Gasteiger partial charge in [-0.2, -0.15) is 4.98 Å². The van der Waals surface area contributed by atoms with Gasteiger partial charge in [-0.25, -0.2) is 4.98 Å². The number of likely N-dealkylation sites (tertiary alicyclic amines) is 1. The predicted octanol–water partition coefficient (Wildman–Crippen LogP) is 2.15. The highest BCUT2D eigenvalue weighted by Crippen LogP contribution is 2.30. The van der Waals surface area contributed by atoms with Crippen molar-refractivity contribution in [1.82, 2.24) is 24.4 Å². The quantitative estimate of drug-likeness (QED) is 0.860. The largest absolute Gasteiger partial charge is 0.479 e. The number of nitrogens with one attached hydrogen (secondary N) is 1. The Balaban J connectivity index is 2.08. The number of ether oxygens (including phenoxy) is 1. The molecule has 2 atom stereocenters. The van der Waals surface area contributed by atoms with Gasteiger partial charge >= 0.3 is 0 Å². The van der Waals surface area contributed by atoms with Gasteiger partial charge in [0.15, 0.2) is 10.4 Å². The van der Waals surface area contributed by atoms with Gasteiger partial charge in [0.05, 0.1) is 7.11 Å². The van der Waals surface area contributed by atoms with Gasteiger partial charge in [-0.05, 0) is 39.0 Å². The summed E-state index contributed by atoms with van der Waals surface area (Å²) in [6.07, 6.45) is 3.68. The number of methoxy groups -OCH3 is 1. The Morgan fingerprint density at radius 1 is 1.45 bits per heavy atom. The Morgan fingerprint density at radius 3 is 2.95 bits per heavy atom. The SMILES string of the molecule is COc1ncnc2c1[nH]c(=S)n2C1CCN(C)C(C)C1. The van der Waals surface area contributed by atoms with Crippen molar-refractivity contribution in [2.45, 2.75) is 31.8 Å². The molecule has 0 spiro atoms. The van der Waals surface area contributed by atoms with Crippen LogP contribution in [0.3, 0.4) is 0 Å². The van der Waals surface area contributed by atoms with Crippen LogP contribution in [0, 0.1) is 4.77 Å². The van der Waals surface area contributed by atoms with Crippen molar-refractivity contribution in [3.63, 3.8) is 0 Å². The molecule has 1 aliphatic rings. The summed E-state index contributed by atoms with van der Waals surface area (Å²) in [4.78, 5) is 14.1. The number of hydrogen-bond donors (Lipinski definition) is 1. The summed E-state index contributed by atoms with van der Waals surface area (Å²) in [6.45, 7) is 3.32. The van der Waals surface area contributed by atoms with Gasteiger partial charge in [0, 0.05) is 18.6 Å². The zero-order valence-electron chi connectivity index (χ0n) is 12.0. The highest BCUT2D eigenvalue weighted by Gasteiger charge is 2.26. The van der Waals surface area contributed by atoms with Gasteiger partial charge in [0.2, 0.25) is 5.88 Å². The highest BCUT2D eigenvalue weighted by atomic mass is 32.1. The number of hydrogen-bond acceptors (Lipinski definition) is 5. The summed E-state index contributed by atoms with van der Waals surface area (Å²) in [5, 5.41) is 0. The maximum Gasteiger partial charge on any atom is 0.242 e. The Labute approximate surface area is 122 Å². The molecule has 0 aromatic carbocycles. The number of H-pyrrole nitrogens is 1. The lowest BCUT2D eigenvalue weighted by Crippen LogP contribution is -2.38. The average Bonchev–Trinajstić information content (AvgIpc) is 2.78. The van der Waals surface area contributed by atoms with Crippen LogP contribution in [-0.4, -0.2) is 51.2 Å². The van der Waals surface area contributed by atoms with E-state index in [0.717, 1.165) is 30.6 Å². The van der Waals surface area contributed by atoms with Gasteiger partial charge < -0.3 is 14.6 Å². The number of aromatic amines is 1. The molecule has 108 valence electrons. The van der Waals surface area contributed by atoms with Crippen molar-refractivity contribution in [2.24, 2.45) is 0 Å². The predicted molar refractivity (Wildman–Crippen MR) is 79.6 cm³/mol. The molecular formula is C13H19N5OS. The second-order valence-electron chi connectivity index (χ2n) is 5.39. The number of nitrogens with zero attached hydrogens (tertiary/aromatic N) is 4. The Kier molecular flexibility index (Phi) is 3.47. The first-order valence-corrected chi connectivity index (χ1v) is 7.22. The van der Waals surface area contributed by atoms with E-state index in [0.29, 0.717) is 22.7 Å². The summed E-state index contributed by atoms with van der Waals surface area (Å²) in [6, 6.07) is 0.923. The fourth-order valence-corrected chi connectivity index (χ4v) is 3.25. The minimum Gasteiger partial charge on any atom is -0.479 e. The molecule has 1 fully saturated rings. The number of piperidine rings is 1. The van der Waals surface area contributed by atoms with Crippen molar-refractivity contribution < 1.29 is 4.74 Å². The zero-order chi connectivity index (χ0) is 14.3. The molecule has 6 nitrogen and oxygen atoms in total. The fourth-order valence-electron chi connectivity index (χ4n) is 2.91. The van der Waals surface area contributed by atoms with E-state index in [1.807, 2.05) is 0 Å². The first-order chi connectivity index (χ1) is 9.61. The van der Waals surface area contributed by atoms with E-state index in [2.05, 4.69) is 38.4 Å². The molecular weight excluding hydrogens is 274 g/mol. The van der Waals surface area contributed by atoms with Crippen molar-refractivity contribution in [2.75, 3.05) is 20.7 Å². The van der Waals surface area contributed by atoms with Crippen molar-refractivity contribution in [3.05, 3.63) is 11.1 Å². The van der Waals surface area contributed by atoms with Crippen LogP contribution >= 0.6 is 12.2 Å². The van der Waals surface area contributed by atoms with Crippen LogP contribution in [0.15, 0.2) is 6.33 Å². The van der Waals surface area contributed by atoms with Crippen LogP contribution < -0.4 is 4.74 Å². The summed E-state index contributed by atoms with van der Waals surface area (Å²) in [7, 11) is 3.77. The third-order valence-corrected chi connectivity index (χ3v) is 4.51. The normalized spacial score (nSPS) is 24.1. The van der Waals surface area contributed by atoms with Crippen LogP contribution in [0.25, 0.3) is 11.2 Å². The van der Waals surface area contributed by atoms with Crippen LogP contribution in [0.2, 0.25) is 0 Å². The molecule has 0 bridgehead atoms. The molecule has 2 unspecified atom stereocenters. The Bertz CT molecular complexity index is 679. The van der Waals surface area contributed by atoms with Crippen molar-refractivity contribution in [1.29, 1.82) is 0 Å². The van der Waals surface area contributed by atoms with Crippen LogP contribution in [-0.2, 0) is 0 Å². The fraction of sp³-hybridized carbons (Fsp3) is 0.615. The molecule has 0 aliphatic carbocycles. The summed E-state index contributed by atoms with van der Waals surface area (Å²) < 4.78 is 8.09. The second kappa shape index (κ2) is 5.14. The third kappa shape index (κ3) is 2.10. The van der Waals surface area contributed by atoms with E-state index >= 15 is 0 Å². The number of imidazole rings is 1. The molecule has 0 saturated carbocycles. The first kappa shape index (κ1) is 13.5. The number of fused-ring (bicyclic) bond motifs is 1. The van der Waals surface area contributed by atoms with Gasteiger partial charge in [0.25, 0.3) is 0 Å².